The van der Waals surface area contributed by atoms with Crippen LogP contribution >= 0.6 is 15.9 Å². The van der Waals surface area contributed by atoms with E-state index in [9.17, 15) is 14.9 Å². The number of halogens is 1. The summed E-state index contributed by atoms with van der Waals surface area (Å²) in [7, 11) is 0. The molecule has 0 saturated heterocycles. The van der Waals surface area contributed by atoms with Crippen molar-refractivity contribution in [2.24, 2.45) is 5.10 Å². The number of nitro benzene ring substituents is 1. The van der Waals surface area contributed by atoms with Gasteiger partial charge in [0.15, 0.2) is 0 Å². The highest BCUT2D eigenvalue weighted by Gasteiger charge is 2.15. The summed E-state index contributed by atoms with van der Waals surface area (Å²) in [6.07, 6.45) is 1.57. The number of carbonyl (C=O) groups excluding carboxylic acids is 1. The second-order valence-corrected chi connectivity index (χ2v) is 7.51. The molecule has 1 heterocycles. The molecule has 2 aromatic carbocycles. The second kappa shape index (κ2) is 8.40. The third-order valence-corrected chi connectivity index (χ3v) is 5.07. The molecule has 1 aromatic heterocycles. The van der Waals surface area contributed by atoms with Gasteiger partial charge in [0.1, 0.15) is 0 Å². The molecule has 0 unspecified atom stereocenters. The Hall–Kier alpha value is -3.26. The Kier molecular flexibility index (Phi) is 5.93. The van der Waals surface area contributed by atoms with E-state index in [0.717, 1.165) is 27.1 Å². The van der Waals surface area contributed by atoms with E-state index in [2.05, 4.69) is 31.0 Å². The van der Waals surface area contributed by atoms with E-state index in [4.69, 9.17) is 0 Å². The molecule has 0 spiro atoms. The first-order valence-electron chi connectivity index (χ1n) is 8.81. The monoisotopic (exact) mass is 454 g/mol. The highest BCUT2D eigenvalue weighted by molar-refractivity contribution is 9.10. The zero-order valence-electron chi connectivity index (χ0n) is 16.1. The largest absolute Gasteiger partial charge is 0.318 e. The molecular weight excluding hydrogens is 436 g/mol. The minimum absolute atomic E-state index is 0.0980. The second-order valence-electron chi connectivity index (χ2n) is 6.60. The number of rotatable bonds is 5. The number of benzene rings is 2. The predicted octanol–water partition coefficient (Wildman–Crippen LogP) is 4.84. The standard InChI is InChI=1S/C21H19BrN4O3/c1-13-7-8-16(10-20(13)26(28)29)21(27)24-23-12-17-9-14(2)25(15(17)3)19-6-4-5-18(22)11-19/h4-12H,1-3H3,(H,24,27)/b23-12-. The van der Waals surface area contributed by atoms with Crippen LogP contribution in [0.3, 0.4) is 0 Å². The maximum Gasteiger partial charge on any atom is 0.273 e. The Bertz CT molecular complexity index is 1130. The first-order valence-corrected chi connectivity index (χ1v) is 9.60. The van der Waals surface area contributed by atoms with E-state index < -0.39 is 10.8 Å². The summed E-state index contributed by atoms with van der Waals surface area (Å²) in [6, 6.07) is 14.3. The molecular formula is C21H19BrN4O3. The number of nitrogens with zero attached hydrogens (tertiary/aromatic N) is 3. The number of hydrazone groups is 1. The van der Waals surface area contributed by atoms with Crippen molar-refractivity contribution >= 4 is 33.7 Å². The number of aromatic nitrogens is 1. The highest BCUT2D eigenvalue weighted by atomic mass is 79.9. The molecule has 8 heteroatoms. The molecule has 0 saturated carbocycles. The van der Waals surface area contributed by atoms with Gasteiger partial charge in [-0.2, -0.15) is 5.10 Å². The highest BCUT2D eigenvalue weighted by Crippen LogP contribution is 2.22. The van der Waals surface area contributed by atoms with Gasteiger partial charge in [0.05, 0.1) is 11.1 Å². The molecule has 0 aliphatic rings. The SMILES string of the molecule is Cc1ccc(C(=O)N/N=C\c2cc(C)n(-c3cccc(Br)c3)c2C)cc1[N+](=O)[O-]. The van der Waals surface area contributed by atoms with Crippen LogP contribution in [0.1, 0.15) is 32.9 Å². The van der Waals surface area contributed by atoms with Crippen LogP contribution in [-0.4, -0.2) is 21.6 Å². The lowest BCUT2D eigenvalue weighted by Crippen LogP contribution is -2.18. The first kappa shape index (κ1) is 20.5. The summed E-state index contributed by atoms with van der Waals surface area (Å²) < 4.78 is 3.08. The Morgan fingerprint density at radius 1 is 1.17 bits per heavy atom. The van der Waals surface area contributed by atoms with Crippen molar-refractivity contribution in [1.82, 2.24) is 9.99 Å². The molecule has 0 aliphatic carbocycles. The minimum Gasteiger partial charge on any atom is -0.318 e. The molecule has 0 atom stereocenters. The fourth-order valence-electron chi connectivity index (χ4n) is 3.10. The average molecular weight is 455 g/mol. The smallest absolute Gasteiger partial charge is 0.273 e. The van der Waals surface area contributed by atoms with Gasteiger partial charge in [0, 0.05) is 44.3 Å². The van der Waals surface area contributed by atoms with Gasteiger partial charge < -0.3 is 4.57 Å². The summed E-state index contributed by atoms with van der Waals surface area (Å²) in [5.41, 5.74) is 6.89. The van der Waals surface area contributed by atoms with Crippen molar-refractivity contribution in [3.8, 4) is 5.69 Å². The molecule has 0 bridgehead atoms. The minimum atomic E-state index is -0.509. The van der Waals surface area contributed by atoms with Crippen LogP contribution in [0.5, 0.6) is 0 Å². The van der Waals surface area contributed by atoms with Crippen molar-refractivity contribution in [2.45, 2.75) is 20.8 Å². The van der Waals surface area contributed by atoms with E-state index >= 15 is 0 Å². The summed E-state index contributed by atoms with van der Waals surface area (Å²) in [6.45, 7) is 5.59. The topological polar surface area (TPSA) is 89.5 Å². The average Bonchev–Trinajstić information content (AvgIpc) is 2.95. The van der Waals surface area contributed by atoms with Gasteiger partial charge in [0.25, 0.3) is 11.6 Å². The van der Waals surface area contributed by atoms with Crippen molar-refractivity contribution in [3.05, 3.63) is 91.2 Å². The predicted molar refractivity (Wildman–Crippen MR) is 116 cm³/mol. The Morgan fingerprint density at radius 3 is 2.62 bits per heavy atom. The lowest BCUT2D eigenvalue weighted by molar-refractivity contribution is -0.385. The van der Waals surface area contributed by atoms with Crippen LogP contribution in [-0.2, 0) is 0 Å². The van der Waals surface area contributed by atoms with Crippen LogP contribution in [0.25, 0.3) is 5.69 Å². The number of hydrogen-bond acceptors (Lipinski definition) is 4. The van der Waals surface area contributed by atoms with Crippen LogP contribution in [0.4, 0.5) is 5.69 Å². The van der Waals surface area contributed by atoms with Gasteiger partial charge in [-0.1, -0.05) is 28.1 Å². The fraction of sp³-hybridized carbons (Fsp3) is 0.143. The Balaban J connectivity index is 1.79. The molecule has 1 amide bonds. The van der Waals surface area contributed by atoms with Crippen molar-refractivity contribution in [3.63, 3.8) is 0 Å². The number of carbonyl (C=O) groups is 1. The molecule has 7 nitrogen and oxygen atoms in total. The van der Waals surface area contributed by atoms with Crippen LogP contribution in [0.15, 0.2) is 58.1 Å². The van der Waals surface area contributed by atoms with Gasteiger partial charge in [-0.3, -0.25) is 14.9 Å². The van der Waals surface area contributed by atoms with Gasteiger partial charge in [0.2, 0.25) is 0 Å². The number of hydrogen-bond donors (Lipinski definition) is 1. The van der Waals surface area contributed by atoms with E-state index in [1.807, 2.05) is 44.2 Å². The van der Waals surface area contributed by atoms with Crippen molar-refractivity contribution in [2.75, 3.05) is 0 Å². The van der Waals surface area contributed by atoms with E-state index in [0.29, 0.717) is 5.56 Å². The molecule has 3 rings (SSSR count). The van der Waals surface area contributed by atoms with Gasteiger partial charge in [-0.05, 0) is 51.1 Å². The van der Waals surface area contributed by atoms with Gasteiger partial charge >= 0.3 is 0 Å². The number of nitro groups is 1. The summed E-state index contributed by atoms with van der Waals surface area (Å²) in [4.78, 5) is 22.8. The molecule has 3 aromatic rings. The summed E-state index contributed by atoms with van der Waals surface area (Å²) in [5, 5.41) is 15.1. The number of aryl methyl sites for hydroxylation is 2. The molecule has 148 valence electrons. The van der Waals surface area contributed by atoms with E-state index in [1.54, 1.807) is 19.2 Å². The zero-order chi connectivity index (χ0) is 21.1. The maximum absolute atomic E-state index is 12.3. The van der Waals surface area contributed by atoms with Crippen LogP contribution in [0.2, 0.25) is 0 Å². The van der Waals surface area contributed by atoms with Gasteiger partial charge in [-0.25, -0.2) is 5.43 Å². The molecule has 29 heavy (non-hydrogen) atoms. The quantitative estimate of drug-likeness (QED) is 0.339. The zero-order valence-corrected chi connectivity index (χ0v) is 17.7. The normalized spacial score (nSPS) is 11.0. The maximum atomic E-state index is 12.3. The number of amides is 1. The molecule has 0 radical (unpaired) electrons. The molecule has 1 N–H and O–H groups in total. The van der Waals surface area contributed by atoms with Crippen LogP contribution in [0, 0.1) is 30.9 Å². The molecule has 0 aliphatic heterocycles. The molecule has 0 fully saturated rings. The van der Waals surface area contributed by atoms with Gasteiger partial charge in [-0.15, -0.1) is 0 Å². The lowest BCUT2D eigenvalue weighted by Gasteiger charge is -2.09. The van der Waals surface area contributed by atoms with E-state index in [-0.39, 0.29) is 11.3 Å². The van der Waals surface area contributed by atoms with E-state index in [1.165, 1.54) is 12.1 Å². The Labute approximate surface area is 176 Å². The third-order valence-electron chi connectivity index (χ3n) is 4.57. The summed E-state index contributed by atoms with van der Waals surface area (Å²) in [5.74, 6) is -0.509. The fourth-order valence-corrected chi connectivity index (χ4v) is 3.49. The number of nitrogens with one attached hydrogen (secondary N) is 1. The first-order chi connectivity index (χ1) is 13.8. The summed E-state index contributed by atoms with van der Waals surface area (Å²) >= 11 is 3.48. The van der Waals surface area contributed by atoms with Crippen molar-refractivity contribution < 1.29 is 9.72 Å². The van der Waals surface area contributed by atoms with Crippen LogP contribution < -0.4 is 5.43 Å². The third kappa shape index (κ3) is 4.43. The van der Waals surface area contributed by atoms with Crippen molar-refractivity contribution in [1.29, 1.82) is 0 Å². The Morgan fingerprint density at radius 2 is 1.93 bits per heavy atom. The lowest BCUT2D eigenvalue weighted by atomic mass is 10.1.